The van der Waals surface area contributed by atoms with Gasteiger partial charge in [-0.15, -0.1) is 0 Å². The fourth-order valence-corrected chi connectivity index (χ4v) is 95.6. The van der Waals surface area contributed by atoms with Crippen molar-refractivity contribution in [1.82, 2.24) is 0 Å². The van der Waals surface area contributed by atoms with Crippen LogP contribution in [0.5, 0.6) is 0 Å². The number of hydrogen-bond donors (Lipinski definition) is 0. The Morgan fingerprint density at radius 2 is 1.08 bits per heavy atom. The first-order valence-corrected chi connectivity index (χ1v) is 17.4. The van der Waals surface area contributed by atoms with Crippen LogP contribution < -0.4 is 0 Å². The zero-order chi connectivity index (χ0) is 16.7. The van der Waals surface area contributed by atoms with E-state index in [2.05, 4.69) is 13.8 Å². The zero-order valence-corrected chi connectivity index (χ0v) is 16.5. The van der Waals surface area contributed by atoms with Crippen LogP contribution in [0.15, 0.2) is 0 Å². The first-order valence-electron chi connectivity index (χ1n) is 11.2. The topological polar surface area (TPSA) is 34.1 Å². The van der Waals surface area contributed by atoms with Gasteiger partial charge in [-0.2, -0.15) is 0 Å². The third kappa shape index (κ3) is 0.184. The summed E-state index contributed by atoms with van der Waals surface area (Å²) in [6.07, 6.45) is 8.67. The van der Waals surface area contributed by atoms with E-state index in [1.54, 1.807) is 0 Å². The molecule has 0 radical (unpaired) electrons. The van der Waals surface area contributed by atoms with Gasteiger partial charge in [0.05, 0.1) is 0 Å². The molecule has 0 bridgehead atoms. The van der Waals surface area contributed by atoms with E-state index in [0.717, 1.165) is 64.2 Å². The third-order valence-corrected chi connectivity index (χ3v) is 60.5. The molecule has 0 aromatic rings. The van der Waals surface area contributed by atoms with Gasteiger partial charge < -0.3 is 0 Å². The van der Waals surface area contributed by atoms with Gasteiger partial charge in [0.15, 0.2) is 0 Å². The van der Waals surface area contributed by atoms with Crippen LogP contribution in [0.4, 0.5) is 0 Å². The summed E-state index contributed by atoms with van der Waals surface area (Å²) in [7, 11) is 0. The maximum absolute atomic E-state index is 13.8. The number of unbranched alkanes of at least 4 members (excludes halogenated alkanes) is 4. The third-order valence-electron chi connectivity index (χ3n) is 17.7. The summed E-state index contributed by atoms with van der Waals surface area (Å²) in [5, 5.41) is 0. The van der Waals surface area contributed by atoms with Gasteiger partial charge in [-0.25, -0.2) is 0 Å². The van der Waals surface area contributed by atoms with Gasteiger partial charge >= 0.3 is 140 Å². The maximum atomic E-state index is 13.8. The Morgan fingerprint density at radius 3 is 1.36 bits per heavy atom. The Kier molecular flexibility index (Phi) is 0.684. The molecular formula is C22H30FeO2. The Labute approximate surface area is 140 Å². The molecule has 138 valence electrons. The summed E-state index contributed by atoms with van der Waals surface area (Å²) in [4.78, 5) is 35.8. The average molecular weight is 382 g/mol. The fraction of sp³-hybridized carbons (Fsp3) is 0.909. The first-order chi connectivity index (χ1) is 11.9. The van der Waals surface area contributed by atoms with Crippen LogP contribution in [0.25, 0.3) is 0 Å². The van der Waals surface area contributed by atoms with Crippen molar-refractivity contribution in [3.8, 4) is 0 Å². The molecule has 0 aliphatic carbocycles. The average Bonchev–Trinajstić information content (AvgIpc) is 3.54. The molecule has 25 heavy (non-hydrogen) atoms. The number of hydrogen-bond acceptors (Lipinski definition) is 2. The standard InChI is InChI=1S/C17H25O2.C5H5.Fe/c1-3-5-7-12-16(18)14-10-9-11-15(14)17(19)13-8-6-4-2;1-2-4-5-3-1;/h9-11H,3-8,12-13H2,1-2H3;1-5H;. The number of carbonyl (C=O) groups excluding carboxylic acids is 2. The van der Waals surface area contributed by atoms with Crippen LogP contribution in [-0.2, 0) is 16.1 Å². The quantitative estimate of drug-likeness (QED) is 0.323. The summed E-state index contributed by atoms with van der Waals surface area (Å²) in [6, 6.07) is 0. The Balaban J connectivity index is 1.20. The van der Waals surface area contributed by atoms with Gasteiger partial charge in [-0.1, -0.05) is 0 Å². The Hall–Kier alpha value is -0.141. The van der Waals surface area contributed by atoms with Gasteiger partial charge in [0, 0.05) is 0 Å². The zero-order valence-electron chi connectivity index (χ0n) is 15.4. The van der Waals surface area contributed by atoms with E-state index < -0.39 is 6.51 Å². The van der Waals surface area contributed by atoms with Gasteiger partial charge in [0.25, 0.3) is 0 Å². The van der Waals surface area contributed by atoms with E-state index in [-0.39, 0.29) is 8.63 Å². The molecule has 3 heteroatoms. The Bertz CT molecular complexity index is 1120. The molecule has 10 saturated heterocycles. The van der Waals surface area contributed by atoms with E-state index in [1.165, 1.54) is 25.7 Å². The van der Waals surface area contributed by atoms with Gasteiger partial charge in [0.1, 0.15) is 0 Å². The van der Waals surface area contributed by atoms with Crippen molar-refractivity contribution in [3.05, 3.63) is 0 Å². The summed E-state index contributed by atoms with van der Waals surface area (Å²) in [5.74, 6) is 1.37. The number of carbonyl (C=O) groups is 2. The molecule has 1 spiro atoms. The van der Waals surface area contributed by atoms with Crippen LogP contribution in [0, 0.1) is 0 Å². The monoisotopic (exact) mass is 382 g/mol. The van der Waals surface area contributed by atoms with Crippen molar-refractivity contribution >= 4 is 11.6 Å². The summed E-state index contributed by atoms with van der Waals surface area (Å²) in [6.45, 7) is 0.663. The number of Topliss-reactive ketones (excluding diaryl/α,β-unsaturated/α-hetero) is 2. The molecule has 2 nitrogen and oxygen atoms in total. The number of ketones is 2. The van der Waals surface area contributed by atoms with E-state index in [1.807, 2.05) is 0 Å². The van der Waals surface area contributed by atoms with Crippen molar-refractivity contribution in [2.45, 2.75) is 112 Å². The van der Waals surface area contributed by atoms with Gasteiger partial charge in [-0.3, -0.25) is 0 Å². The van der Waals surface area contributed by atoms with Crippen LogP contribution >= 0.6 is 0 Å². The van der Waals surface area contributed by atoms with Crippen LogP contribution in [0.1, 0.15) is 65.2 Å². The second kappa shape index (κ2) is 1.39. The van der Waals surface area contributed by atoms with E-state index in [0.29, 0.717) is 11.6 Å². The molecule has 10 aliphatic rings. The summed E-state index contributed by atoms with van der Waals surface area (Å²) >= 11 is 0. The summed E-state index contributed by atoms with van der Waals surface area (Å²) < 4.78 is 0.256. The van der Waals surface area contributed by atoms with Crippen LogP contribution in [0.3, 0.4) is 0 Å². The molecular weight excluding hydrogens is 352 g/mol. The van der Waals surface area contributed by atoms with Gasteiger partial charge in [0.2, 0.25) is 0 Å². The number of fused-ring (bicyclic) bond motifs is 10. The predicted octanol–water partition coefficient (Wildman–Crippen LogP) is 6.41. The minimum atomic E-state index is -3.80. The van der Waals surface area contributed by atoms with E-state index in [9.17, 15) is 9.59 Å². The van der Waals surface area contributed by atoms with Crippen molar-refractivity contribution in [1.29, 1.82) is 0 Å². The summed E-state index contributed by atoms with van der Waals surface area (Å²) in [5.41, 5.74) is 0. The van der Waals surface area contributed by atoms with Crippen molar-refractivity contribution in [3.63, 3.8) is 0 Å². The van der Waals surface area contributed by atoms with Crippen LogP contribution in [0.2, 0.25) is 47.2 Å². The van der Waals surface area contributed by atoms with Crippen molar-refractivity contribution < 1.29 is 16.1 Å². The molecule has 0 aromatic heterocycles. The second-order valence-electron chi connectivity index (χ2n) is 13.5. The molecule has 4 atom stereocenters. The van der Waals surface area contributed by atoms with E-state index >= 15 is 0 Å². The van der Waals surface area contributed by atoms with E-state index in [4.69, 9.17) is 0 Å². The van der Waals surface area contributed by atoms with Crippen molar-refractivity contribution in [2.75, 3.05) is 0 Å². The van der Waals surface area contributed by atoms with Crippen LogP contribution in [-0.4, -0.2) is 11.6 Å². The van der Waals surface area contributed by atoms with Crippen molar-refractivity contribution in [2.24, 2.45) is 0 Å². The van der Waals surface area contributed by atoms with Gasteiger partial charge in [-0.05, 0) is 0 Å². The molecule has 10 heterocycles. The molecule has 0 saturated carbocycles. The number of rotatable bonds is 10. The fourth-order valence-electron chi connectivity index (χ4n) is 19.6. The molecule has 10 fully saturated rings. The first kappa shape index (κ1) is 12.3. The molecule has 0 aromatic carbocycles. The molecule has 10 rings (SSSR count). The predicted molar refractivity (Wildman–Crippen MR) is 93.7 cm³/mol. The Morgan fingerprint density at radius 1 is 0.680 bits per heavy atom. The minimum absolute atomic E-state index is 0.128. The normalized spacial score (nSPS) is 87.6. The second-order valence-corrected chi connectivity index (χ2v) is 36.7. The molecule has 4 unspecified atom stereocenters. The SMILES string of the molecule is CCCCCC(=O)[C]12[CH]3[CH]4[CH]5[C]1(C(=O)CCCCC)[Fe]43521678[CH]2[CH]1[CH]6[CH]7[CH]28. The molecule has 0 N–H and O–H groups in total. The molecule has 0 amide bonds. The molecule has 10 aliphatic heterocycles.